The number of carboxylic acids is 1. The number of nitrogens with zero attached hydrogens (tertiary/aromatic N) is 3. The Morgan fingerprint density at radius 1 is 1.29 bits per heavy atom. The summed E-state index contributed by atoms with van der Waals surface area (Å²) < 4.78 is 1.84. The molecule has 1 aromatic rings. The third kappa shape index (κ3) is 2.43. The fraction of sp³-hybridized carbons (Fsp3) is 0.667. The largest absolute Gasteiger partial charge is 0.481 e. The van der Waals surface area contributed by atoms with Crippen LogP contribution in [0.2, 0.25) is 0 Å². The zero-order valence-electron chi connectivity index (χ0n) is 12.2. The predicted octanol–water partition coefficient (Wildman–Crippen LogP) is 1.93. The van der Waals surface area contributed by atoms with E-state index >= 15 is 0 Å². The van der Waals surface area contributed by atoms with Gasteiger partial charge in [-0.2, -0.15) is 5.10 Å². The number of amides is 1. The molecule has 1 saturated heterocycles. The van der Waals surface area contributed by atoms with Crippen LogP contribution in [-0.2, 0) is 4.79 Å². The molecule has 1 saturated carbocycles. The van der Waals surface area contributed by atoms with Gasteiger partial charge in [0.25, 0.3) is 5.91 Å². The van der Waals surface area contributed by atoms with Gasteiger partial charge in [0, 0.05) is 18.8 Å². The van der Waals surface area contributed by atoms with Gasteiger partial charge in [-0.3, -0.25) is 14.3 Å². The number of aliphatic carboxylic acids is 1. The molecule has 0 aromatic carbocycles. The molecule has 2 heterocycles. The number of carbonyl (C=O) groups excluding carboxylic acids is 1. The van der Waals surface area contributed by atoms with E-state index < -0.39 is 11.9 Å². The molecule has 1 aliphatic heterocycles. The first kappa shape index (κ1) is 14.1. The lowest BCUT2D eigenvalue weighted by molar-refractivity contribution is -0.142. The topological polar surface area (TPSA) is 75.4 Å². The number of aromatic nitrogens is 2. The predicted molar refractivity (Wildman–Crippen MR) is 76.0 cm³/mol. The molecule has 0 radical (unpaired) electrons. The standard InChI is InChI=1S/C15H21N3O3/c1-10-12(15(20)21)7-9-17(10)14(19)13-6-8-16-18(13)11-4-2-3-5-11/h6,8,10-12H,2-5,7,9H2,1H3,(H,20,21). The molecule has 1 amide bonds. The van der Waals surface area contributed by atoms with E-state index in [1.807, 2.05) is 11.6 Å². The summed E-state index contributed by atoms with van der Waals surface area (Å²) in [6.07, 6.45) is 6.68. The molecule has 1 aliphatic carbocycles. The number of carbonyl (C=O) groups is 2. The summed E-state index contributed by atoms with van der Waals surface area (Å²) in [5.41, 5.74) is 0.597. The van der Waals surface area contributed by atoms with Crippen molar-refractivity contribution in [2.24, 2.45) is 5.92 Å². The maximum atomic E-state index is 12.7. The molecule has 2 unspecified atom stereocenters. The lowest BCUT2D eigenvalue weighted by Gasteiger charge is -2.24. The summed E-state index contributed by atoms with van der Waals surface area (Å²) in [5, 5.41) is 13.5. The van der Waals surface area contributed by atoms with Crippen LogP contribution in [0.25, 0.3) is 0 Å². The molecular weight excluding hydrogens is 270 g/mol. The first-order chi connectivity index (χ1) is 10.1. The van der Waals surface area contributed by atoms with E-state index in [1.165, 1.54) is 12.8 Å². The van der Waals surface area contributed by atoms with E-state index in [9.17, 15) is 14.7 Å². The van der Waals surface area contributed by atoms with Crippen LogP contribution in [0, 0.1) is 5.92 Å². The summed E-state index contributed by atoms with van der Waals surface area (Å²) >= 11 is 0. The molecule has 6 heteroatoms. The average molecular weight is 291 g/mol. The summed E-state index contributed by atoms with van der Waals surface area (Å²) in [7, 11) is 0. The van der Waals surface area contributed by atoms with Crippen molar-refractivity contribution in [2.45, 2.75) is 51.1 Å². The van der Waals surface area contributed by atoms with Crippen LogP contribution < -0.4 is 0 Å². The second-order valence-electron chi connectivity index (χ2n) is 6.07. The highest BCUT2D eigenvalue weighted by atomic mass is 16.4. The third-order valence-corrected chi connectivity index (χ3v) is 4.89. The summed E-state index contributed by atoms with van der Waals surface area (Å²) in [5.74, 6) is -1.37. The van der Waals surface area contributed by atoms with Crippen LogP contribution in [-0.4, -0.2) is 44.3 Å². The van der Waals surface area contributed by atoms with E-state index in [2.05, 4.69) is 5.10 Å². The van der Waals surface area contributed by atoms with Crippen molar-refractivity contribution in [3.05, 3.63) is 18.0 Å². The highest BCUT2D eigenvalue weighted by molar-refractivity contribution is 5.93. The van der Waals surface area contributed by atoms with Gasteiger partial charge in [0.2, 0.25) is 0 Å². The third-order valence-electron chi connectivity index (χ3n) is 4.89. The molecule has 6 nitrogen and oxygen atoms in total. The smallest absolute Gasteiger partial charge is 0.308 e. The second-order valence-corrected chi connectivity index (χ2v) is 6.07. The summed E-state index contributed by atoms with van der Waals surface area (Å²) in [6.45, 7) is 2.33. The van der Waals surface area contributed by atoms with Gasteiger partial charge < -0.3 is 10.0 Å². The fourth-order valence-corrected chi connectivity index (χ4v) is 3.63. The SMILES string of the molecule is CC1C(C(=O)O)CCN1C(=O)c1ccnn1C1CCCC1. The fourth-order valence-electron chi connectivity index (χ4n) is 3.63. The van der Waals surface area contributed by atoms with Crippen LogP contribution >= 0.6 is 0 Å². The molecule has 1 aromatic heterocycles. The van der Waals surface area contributed by atoms with Crippen molar-refractivity contribution < 1.29 is 14.7 Å². The van der Waals surface area contributed by atoms with Gasteiger partial charge in [0.05, 0.1) is 12.0 Å². The number of likely N-dealkylation sites (tertiary alicyclic amines) is 1. The average Bonchev–Trinajstić information content (AvgIpc) is 3.17. The van der Waals surface area contributed by atoms with Crippen LogP contribution in [0.4, 0.5) is 0 Å². The van der Waals surface area contributed by atoms with Crippen molar-refractivity contribution in [2.75, 3.05) is 6.54 Å². The Labute approximate surface area is 123 Å². The van der Waals surface area contributed by atoms with Crippen molar-refractivity contribution in [3.63, 3.8) is 0 Å². The van der Waals surface area contributed by atoms with Gasteiger partial charge in [-0.05, 0) is 32.3 Å². The molecule has 1 N–H and O–H groups in total. The van der Waals surface area contributed by atoms with Crippen LogP contribution in [0.1, 0.15) is 55.6 Å². The van der Waals surface area contributed by atoms with Gasteiger partial charge in [0.15, 0.2) is 0 Å². The van der Waals surface area contributed by atoms with Gasteiger partial charge in [-0.1, -0.05) is 12.8 Å². The van der Waals surface area contributed by atoms with Crippen molar-refractivity contribution in [3.8, 4) is 0 Å². The number of hydrogen-bond acceptors (Lipinski definition) is 3. The van der Waals surface area contributed by atoms with Crippen molar-refractivity contribution in [1.29, 1.82) is 0 Å². The lowest BCUT2D eigenvalue weighted by Crippen LogP contribution is -2.38. The van der Waals surface area contributed by atoms with Gasteiger partial charge in [0.1, 0.15) is 5.69 Å². The first-order valence-electron chi connectivity index (χ1n) is 7.67. The van der Waals surface area contributed by atoms with Crippen LogP contribution in [0.15, 0.2) is 12.3 Å². The minimum Gasteiger partial charge on any atom is -0.481 e. The lowest BCUT2D eigenvalue weighted by atomic mass is 10.0. The Bertz CT molecular complexity index is 548. The van der Waals surface area contributed by atoms with E-state index in [4.69, 9.17) is 0 Å². The Morgan fingerprint density at radius 3 is 2.62 bits per heavy atom. The minimum absolute atomic E-state index is 0.0874. The van der Waals surface area contributed by atoms with Gasteiger partial charge in [-0.15, -0.1) is 0 Å². The number of hydrogen-bond donors (Lipinski definition) is 1. The van der Waals surface area contributed by atoms with Crippen molar-refractivity contribution >= 4 is 11.9 Å². The van der Waals surface area contributed by atoms with E-state index in [-0.39, 0.29) is 11.9 Å². The zero-order valence-corrected chi connectivity index (χ0v) is 12.2. The molecule has 2 atom stereocenters. The van der Waals surface area contributed by atoms with Gasteiger partial charge >= 0.3 is 5.97 Å². The Kier molecular flexibility index (Phi) is 3.69. The van der Waals surface area contributed by atoms with Gasteiger partial charge in [-0.25, -0.2) is 0 Å². The molecule has 2 aliphatic rings. The first-order valence-corrected chi connectivity index (χ1v) is 7.67. The molecule has 21 heavy (non-hydrogen) atoms. The molecule has 0 bridgehead atoms. The van der Waals surface area contributed by atoms with E-state index in [1.54, 1.807) is 17.2 Å². The van der Waals surface area contributed by atoms with Crippen LogP contribution in [0.3, 0.4) is 0 Å². The summed E-state index contributed by atoms with van der Waals surface area (Å²) in [4.78, 5) is 25.6. The maximum Gasteiger partial charge on any atom is 0.308 e. The van der Waals surface area contributed by atoms with Crippen molar-refractivity contribution in [1.82, 2.24) is 14.7 Å². The highest BCUT2D eigenvalue weighted by Gasteiger charge is 2.39. The molecule has 114 valence electrons. The molecular formula is C15H21N3O3. The van der Waals surface area contributed by atoms with E-state index in [0.29, 0.717) is 24.7 Å². The second kappa shape index (κ2) is 5.50. The Hall–Kier alpha value is -1.85. The monoisotopic (exact) mass is 291 g/mol. The quantitative estimate of drug-likeness (QED) is 0.923. The normalized spacial score (nSPS) is 26.4. The molecule has 2 fully saturated rings. The van der Waals surface area contributed by atoms with E-state index in [0.717, 1.165) is 12.8 Å². The van der Waals surface area contributed by atoms with Crippen LogP contribution in [0.5, 0.6) is 0 Å². The Balaban J connectivity index is 1.80. The number of carboxylic acid groups (broad SMARTS) is 1. The summed E-state index contributed by atoms with van der Waals surface area (Å²) in [6, 6.07) is 1.80. The molecule has 3 rings (SSSR count). The Morgan fingerprint density at radius 2 is 2.00 bits per heavy atom. The molecule has 0 spiro atoms. The maximum absolute atomic E-state index is 12.7. The zero-order chi connectivity index (χ0) is 15.0. The number of rotatable bonds is 3. The minimum atomic E-state index is -0.817. The highest BCUT2D eigenvalue weighted by Crippen LogP contribution is 2.31.